The number of sulfonamides is 1. The first kappa shape index (κ1) is 17.5. The second kappa shape index (κ2) is 6.91. The van der Waals surface area contributed by atoms with E-state index in [1.165, 1.54) is 7.05 Å². The molecule has 25 heavy (non-hydrogen) atoms. The summed E-state index contributed by atoms with van der Waals surface area (Å²) in [5.41, 5.74) is 2.54. The van der Waals surface area contributed by atoms with Gasteiger partial charge in [-0.3, -0.25) is 4.79 Å². The quantitative estimate of drug-likeness (QED) is 0.744. The Kier molecular flexibility index (Phi) is 4.85. The van der Waals surface area contributed by atoms with Gasteiger partial charge in [-0.05, 0) is 36.4 Å². The lowest BCUT2D eigenvalue weighted by atomic mass is 10.2. The molecule has 0 spiro atoms. The van der Waals surface area contributed by atoms with Crippen molar-refractivity contribution in [3.05, 3.63) is 48.5 Å². The zero-order chi connectivity index (χ0) is 18.0. The molecule has 1 N–H and O–H groups in total. The van der Waals surface area contributed by atoms with Crippen LogP contribution in [0.15, 0.2) is 48.5 Å². The Balaban J connectivity index is 1.71. The molecule has 0 fully saturated rings. The van der Waals surface area contributed by atoms with Gasteiger partial charge in [0.1, 0.15) is 5.01 Å². The summed E-state index contributed by atoms with van der Waals surface area (Å²) in [5, 5.41) is 3.60. The smallest absolute Gasteiger partial charge is 0.239 e. The molecule has 2 aromatic carbocycles. The minimum Gasteiger partial charge on any atom is -0.325 e. The van der Waals surface area contributed by atoms with Crippen LogP contribution in [0.1, 0.15) is 0 Å². The molecule has 3 aromatic rings. The molecule has 0 aliphatic carbocycles. The Hall–Kier alpha value is -2.29. The molecular formula is C17H17N3O3S2. The highest BCUT2D eigenvalue weighted by Gasteiger charge is 2.15. The molecule has 0 radical (unpaired) electrons. The minimum atomic E-state index is -3.38. The molecule has 0 aliphatic heterocycles. The molecule has 130 valence electrons. The number of anilines is 1. The minimum absolute atomic E-state index is 0.224. The molecule has 0 saturated heterocycles. The standard InChI is InChI=1S/C17H17N3O3S2/c1-20(25(2,22)23)11-16(21)18-13-9-7-12(8-10-13)17-19-14-5-3-4-6-15(14)24-17/h3-10H,11H2,1-2H3,(H,18,21). The van der Waals surface area contributed by atoms with Gasteiger partial charge in [0.2, 0.25) is 15.9 Å². The van der Waals surface area contributed by atoms with Crippen LogP contribution >= 0.6 is 11.3 Å². The van der Waals surface area contributed by atoms with Crippen LogP contribution in [-0.4, -0.2) is 43.5 Å². The van der Waals surface area contributed by atoms with Gasteiger partial charge in [-0.1, -0.05) is 12.1 Å². The number of carbonyl (C=O) groups excluding carboxylic acids is 1. The number of benzene rings is 2. The highest BCUT2D eigenvalue weighted by atomic mass is 32.2. The average Bonchev–Trinajstić information content (AvgIpc) is 2.98. The van der Waals surface area contributed by atoms with Crippen molar-refractivity contribution in [3.8, 4) is 10.6 Å². The molecule has 1 aromatic heterocycles. The fraction of sp³-hybridized carbons (Fsp3) is 0.176. The van der Waals surface area contributed by atoms with Crippen LogP contribution in [-0.2, 0) is 14.8 Å². The van der Waals surface area contributed by atoms with E-state index in [-0.39, 0.29) is 12.5 Å². The number of likely N-dealkylation sites (N-methyl/N-ethyl adjacent to an activating group) is 1. The average molecular weight is 375 g/mol. The summed E-state index contributed by atoms with van der Waals surface area (Å²) in [6, 6.07) is 15.3. The number of aromatic nitrogens is 1. The van der Waals surface area contributed by atoms with E-state index in [4.69, 9.17) is 0 Å². The van der Waals surface area contributed by atoms with Gasteiger partial charge in [-0.2, -0.15) is 4.31 Å². The van der Waals surface area contributed by atoms with Gasteiger partial charge in [0.05, 0.1) is 23.0 Å². The maximum Gasteiger partial charge on any atom is 0.239 e. The SMILES string of the molecule is CN(CC(=O)Nc1ccc(-c2nc3ccccc3s2)cc1)S(C)(=O)=O. The van der Waals surface area contributed by atoms with Crippen LogP contribution in [0, 0.1) is 0 Å². The summed E-state index contributed by atoms with van der Waals surface area (Å²) in [6.07, 6.45) is 1.06. The molecule has 8 heteroatoms. The highest BCUT2D eigenvalue weighted by molar-refractivity contribution is 7.88. The first-order valence-electron chi connectivity index (χ1n) is 7.50. The van der Waals surface area contributed by atoms with E-state index in [1.54, 1.807) is 23.5 Å². The third-order valence-electron chi connectivity index (χ3n) is 3.64. The predicted molar refractivity (Wildman–Crippen MR) is 101 cm³/mol. The van der Waals surface area contributed by atoms with E-state index < -0.39 is 10.0 Å². The van der Waals surface area contributed by atoms with Crippen LogP contribution in [0.25, 0.3) is 20.8 Å². The van der Waals surface area contributed by atoms with Crippen LogP contribution < -0.4 is 5.32 Å². The molecule has 0 bridgehead atoms. The van der Waals surface area contributed by atoms with Gasteiger partial charge in [-0.25, -0.2) is 13.4 Å². The third-order valence-corrected chi connectivity index (χ3v) is 5.99. The zero-order valence-electron chi connectivity index (χ0n) is 13.8. The summed E-state index contributed by atoms with van der Waals surface area (Å²) >= 11 is 1.61. The van der Waals surface area contributed by atoms with Crippen LogP contribution in [0.4, 0.5) is 5.69 Å². The number of thiazole rings is 1. The first-order chi connectivity index (χ1) is 11.8. The zero-order valence-corrected chi connectivity index (χ0v) is 15.4. The second-order valence-electron chi connectivity index (χ2n) is 5.63. The first-order valence-corrected chi connectivity index (χ1v) is 10.2. The van der Waals surface area contributed by atoms with E-state index in [0.717, 1.165) is 31.3 Å². The molecule has 0 saturated carbocycles. The summed E-state index contributed by atoms with van der Waals surface area (Å²) in [6.45, 7) is -0.224. The molecule has 1 heterocycles. The summed E-state index contributed by atoms with van der Waals surface area (Å²) < 4.78 is 24.8. The van der Waals surface area contributed by atoms with Gasteiger partial charge >= 0.3 is 0 Å². The lowest BCUT2D eigenvalue weighted by Crippen LogP contribution is -2.34. The number of fused-ring (bicyclic) bond motifs is 1. The maximum absolute atomic E-state index is 11.9. The van der Waals surface area contributed by atoms with Crippen LogP contribution in [0.2, 0.25) is 0 Å². The van der Waals surface area contributed by atoms with Gasteiger partial charge in [0, 0.05) is 18.3 Å². The molecule has 6 nitrogen and oxygen atoms in total. The van der Waals surface area contributed by atoms with E-state index in [2.05, 4.69) is 10.3 Å². The van der Waals surface area contributed by atoms with E-state index >= 15 is 0 Å². The van der Waals surface area contributed by atoms with Crippen molar-refractivity contribution in [3.63, 3.8) is 0 Å². The van der Waals surface area contributed by atoms with Crippen molar-refractivity contribution >= 4 is 43.2 Å². The van der Waals surface area contributed by atoms with E-state index in [1.807, 2.05) is 36.4 Å². The Morgan fingerprint density at radius 3 is 2.48 bits per heavy atom. The molecule has 3 rings (SSSR count). The molecule has 1 amide bonds. The fourth-order valence-corrected chi connectivity index (χ4v) is 3.53. The van der Waals surface area contributed by atoms with Crippen LogP contribution in [0.5, 0.6) is 0 Å². The van der Waals surface area contributed by atoms with E-state index in [0.29, 0.717) is 5.69 Å². The third kappa shape index (κ3) is 4.22. The summed E-state index contributed by atoms with van der Waals surface area (Å²) in [4.78, 5) is 16.5. The van der Waals surface area contributed by atoms with Gasteiger partial charge in [0.15, 0.2) is 0 Å². The highest BCUT2D eigenvalue weighted by Crippen LogP contribution is 2.30. The van der Waals surface area contributed by atoms with Crippen molar-refractivity contribution in [1.29, 1.82) is 0 Å². The van der Waals surface area contributed by atoms with Gasteiger partial charge in [0.25, 0.3) is 0 Å². The van der Waals surface area contributed by atoms with Gasteiger partial charge in [-0.15, -0.1) is 11.3 Å². The Morgan fingerprint density at radius 1 is 1.16 bits per heavy atom. The monoisotopic (exact) mass is 375 g/mol. The van der Waals surface area contributed by atoms with Crippen LogP contribution in [0.3, 0.4) is 0 Å². The number of nitrogens with one attached hydrogen (secondary N) is 1. The summed E-state index contributed by atoms with van der Waals surface area (Å²) in [5.74, 6) is -0.388. The number of para-hydroxylation sites is 1. The predicted octanol–water partition coefficient (Wildman–Crippen LogP) is 2.79. The second-order valence-corrected chi connectivity index (χ2v) is 8.75. The Morgan fingerprint density at radius 2 is 1.84 bits per heavy atom. The number of nitrogens with zero attached hydrogens (tertiary/aromatic N) is 2. The molecular weight excluding hydrogens is 358 g/mol. The normalized spacial score (nSPS) is 11.8. The lowest BCUT2D eigenvalue weighted by molar-refractivity contribution is -0.116. The van der Waals surface area contributed by atoms with Crippen molar-refractivity contribution in [2.75, 3.05) is 25.2 Å². The number of rotatable bonds is 5. The topological polar surface area (TPSA) is 79.4 Å². The Bertz CT molecular complexity index is 978. The van der Waals surface area contributed by atoms with Crippen molar-refractivity contribution < 1.29 is 13.2 Å². The molecule has 0 aliphatic rings. The number of amides is 1. The van der Waals surface area contributed by atoms with Crippen molar-refractivity contribution in [1.82, 2.24) is 9.29 Å². The number of hydrogen-bond donors (Lipinski definition) is 1. The maximum atomic E-state index is 11.9. The fourth-order valence-electron chi connectivity index (χ4n) is 2.21. The largest absolute Gasteiger partial charge is 0.325 e. The molecule has 0 unspecified atom stereocenters. The summed E-state index contributed by atoms with van der Waals surface area (Å²) in [7, 11) is -2.01. The van der Waals surface area contributed by atoms with Gasteiger partial charge < -0.3 is 5.32 Å². The number of carbonyl (C=O) groups is 1. The Labute approximate surface area is 150 Å². The van der Waals surface area contributed by atoms with Crippen molar-refractivity contribution in [2.24, 2.45) is 0 Å². The molecule has 0 atom stereocenters. The lowest BCUT2D eigenvalue weighted by Gasteiger charge is -2.13. The van der Waals surface area contributed by atoms with E-state index in [9.17, 15) is 13.2 Å². The van der Waals surface area contributed by atoms with Crippen molar-refractivity contribution in [2.45, 2.75) is 0 Å². The number of hydrogen-bond acceptors (Lipinski definition) is 5.